The summed E-state index contributed by atoms with van der Waals surface area (Å²) in [7, 11) is 1.68. The summed E-state index contributed by atoms with van der Waals surface area (Å²) in [6.07, 6.45) is 7.23. The monoisotopic (exact) mass is 351 g/mol. The zero-order valence-corrected chi connectivity index (χ0v) is 15.3. The second-order valence-corrected chi connectivity index (χ2v) is 6.45. The van der Waals surface area contributed by atoms with Crippen LogP contribution in [0.3, 0.4) is 0 Å². The zero-order chi connectivity index (χ0) is 18.5. The Morgan fingerprint density at radius 2 is 1.41 bits per heavy atom. The molecule has 0 amide bonds. The number of hydrogen-bond acceptors (Lipinski definition) is 2. The van der Waals surface area contributed by atoms with E-state index in [0.29, 0.717) is 0 Å². The summed E-state index contributed by atoms with van der Waals surface area (Å²) in [5, 5.41) is 0. The first-order valence-electron chi connectivity index (χ1n) is 9.07. The van der Waals surface area contributed by atoms with Gasteiger partial charge in [-0.3, -0.25) is 4.99 Å². The van der Waals surface area contributed by atoms with Gasteiger partial charge in [0.2, 0.25) is 0 Å². The van der Waals surface area contributed by atoms with Gasteiger partial charge in [0.25, 0.3) is 0 Å². The maximum Gasteiger partial charge on any atom is 0.118 e. The van der Waals surface area contributed by atoms with E-state index < -0.39 is 0 Å². The Kier molecular flexibility index (Phi) is 4.97. The van der Waals surface area contributed by atoms with E-state index in [9.17, 15) is 0 Å². The maximum absolute atomic E-state index is 5.19. The molecule has 2 heteroatoms. The highest BCUT2D eigenvalue weighted by Gasteiger charge is 2.08. The van der Waals surface area contributed by atoms with Crippen LogP contribution in [-0.2, 0) is 0 Å². The smallest absolute Gasteiger partial charge is 0.118 e. The standard InChI is InChI=1S/C25H21NO/c1-27-24-16-8-19(9-17-24)7-14-23-15-18-25(26-23)22-12-10-21(11-13-22)20-5-3-2-4-6-20/h2-14,16-18H,15H2,1H3/b14-7+. The number of hydrogen-bond donors (Lipinski definition) is 0. The normalized spacial score (nSPS) is 13.5. The molecule has 0 bridgehead atoms. The average molecular weight is 351 g/mol. The number of nitrogens with zero attached hydrogens (tertiary/aromatic N) is 1. The minimum atomic E-state index is 0.864. The second kappa shape index (κ2) is 7.88. The maximum atomic E-state index is 5.19. The summed E-state index contributed by atoms with van der Waals surface area (Å²) in [5.41, 5.74) is 6.87. The van der Waals surface area contributed by atoms with Gasteiger partial charge in [-0.15, -0.1) is 0 Å². The van der Waals surface area contributed by atoms with Gasteiger partial charge in [0.05, 0.1) is 12.8 Å². The second-order valence-electron chi connectivity index (χ2n) is 6.45. The van der Waals surface area contributed by atoms with Crippen molar-refractivity contribution in [2.45, 2.75) is 6.42 Å². The molecule has 0 aliphatic carbocycles. The topological polar surface area (TPSA) is 21.6 Å². The summed E-state index contributed by atoms with van der Waals surface area (Å²) in [6, 6.07) is 27.1. The van der Waals surface area contributed by atoms with Crippen molar-refractivity contribution in [3.63, 3.8) is 0 Å². The van der Waals surface area contributed by atoms with Crippen LogP contribution in [0.5, 0.6) is 5.75 Å². The van der Waals surface area contributed by atoms with Gasteiger partial charge < -0.3 is 4.74 Å². The van der Waals surface area contributed by atoms with Gasteiger partial charge in [-0.25, -0.2) is 0 Å². The highest BCUT2D eigenvalue weighted by atomic mass is 16.5. The first-order valence-corrected chi connectivity index (χ1v) is 9.07. The summed E-state index contributed by atoms with van der Waals surface area (Å²) < 4.78 is 5.19. The van der Waals surface area contributed by atoms with Gasteiger partial charge in [0.15, 0.2) is 0 Å². The third kappa shape index (κ3) is 4.06. The van der Waals surface area contributed by atoms with E-state index in [-0.39, 0.29) is 0 Å². The lowest BCUT2D eigenvalue weighted by molar-refractivity contribution is 0.415. The summed E-state index contributed by atoms with van der Waals surface area (Å²) in [6.45, 7) is 0. The van der Waals surface area contributed by atoms with E-state index in [1.807, 2.05) is 30.3 Å². The fourth-order valence-corrected chi connectivity index (χ4v) is 3.11. The molecule has 0 saturated heterocycles. The molecule has 4 rings (SSSR count). The molecule has 0 unspecified atom stereocenters. The van der Waals surface area contributed by atoms with Gasteiger partial charge in [0.1, 0.15) is 5.75 Å². The zero-order valence-electron chi connectivity index (χ0n) is 15.3. The number of benzene rings is 3. The van der Waals surface area contributed by atoms with Crippen LogP contribution in [0.2, 0.25) is 0 Å². The summed E-state index contributed by atoms with van der Waals surface area (Å²) >= 11 is 0. The Morgan fingerprint density at radius 3 is 2.11 bits per heavy atom. The van der Waals surface area contributed by atoms with Crippen molar-refractivity contribution >= 4 is 17.5 Å². The third-order valence-electron chi connectivity index (χ3n) is 4.64. The molecule has 1 aliphatic heterocycles. The van der Waals surface area contributed by atoms with Crippen LogP contribution in [0.1, 0.15) is 17.5 Å². The van der Waals surface area contributed by atoms with Crippen molar-refractivity contribution < 1.29 is 4.74 Å². The first-order chi connectivity index (χ1) is 13.3. The molecule has 1 heterocycles. The van der Waals surface area contributed by atoms with Crippen molar-refractivity contribution in [1.29, 1.82) is 0 Å². The quantitative estimate of drug-likeness (QED) is 0.531. The van der Waals surface area contributed by atoms with E-state index in [0.717, 1.165) is 34.7 Å². The third-order valence-corrected chi connectivity index (χ3v) is 4.64. The fourth-order valence-electron chi connectivity index (χ4n) is 3.11. The van der Waals surface area contributed by atoms with Gasteiger partial charge >= 0.3 is 0 Å². The largest absolute Gasteiger partial charge is 0.497 e. The molecule has 0 spiro atoms. The lowest BCUT2D eigenvalue weighted by Crippen LogP contribution is -1.86. The molecule has 3 aromatic rings. The molecule has 0 fully saturated rings. The van der Waals surface area contributed by atoms with Crippen molar-refractivity contribution in [1.82, 2.24) is 0 Å². The number of rotatable bonds is 5. The Labute approximate surface area is 160 Å². The molecule has 0 N–H and O–H groups in total. The van der Waals surface area contributed by atoms with Crippen molar-refractivity contribution in [3.05, 3.63) is 102 Å². The molecular formula is C25H21NO. The van der Waals surface area contributed by atoms with Crippen LogP contribution in [0.4, 0.5) is 0 Å². The van der Waals surface area contributed by atoms with Crippen molar-refractivity contribution in [2.75, 3.05) is 7.11 Å². The Hall–Kier alpha value is -3.39. The lowest BCUT2D eigenvalue weighted by atomic mass is 10.0. The van der Waals surface area contributed by atoms with Crippen LogP contribution in [0.25, 0.3) is 22.9 Å². The molecule has 0 saturated carbocycles. The van der Waals surface area contributed by atoms with Gasteiger partial charge in [-0.2, -0.15) is 0 Å². The average Bonchev–Trinajstić information content (AvgIpc) is 3.22. The molecule has 1 aliphatic rings. The highest BCUT2D eigenvalue weighted by Crippen LogP contribution is 2.26. The van der Waals surface area contributed by atoms with E-state index in [4.69, 9.17) is 9.73 Å². The highest BCUT2D eigenvalue weighted by molar-refractivity contribution is 6.05. The van der Waals surface area contributed by atoms with E-state index in [1.165, 1.54) is 11.1 Å². The van der Waals surface area contributed by atoms with E-state index >= 15 is 0 Å². The molecular weight excluding hydrogens is 330 g/mol. The van der Waals surface area contributed by atoms with E-state index in [1.54, 1.807) is 7.11 Å². The lowest BCUT2D eigenvalue weighted by Gasteiger charge is -2.04. The number of aliphatic imine (C=N–C) groups is 1. The van der Waals surface area contributed by atoms with Crippen LogP contribution in [0, 0.1) is 0 Å². The van der Waals surface area contributed by atoms with Gasteiger partial charge in [0, 0.05) is 12.1 Å². The molecule has 0 aromatic heterocycles. The SMILES string of the molecule is COc1ccc(/C=C/C2=NC(c3ccc(-c4ccccc4)cc3)=CC2)cc1. The Balaban J connectivity index is 1.46. The summed E-state index contributed by atoms with van der Waals surface area (Å²) in [5.74, 6) is 0.869. The molecule has 132 valence electrons. The Morgan fingerprint density at radius 1 is 0.741 bits per heavy atom. The molecule has 0 radical (unpaired) electrons. The van der Waals surface area contributed by atoms with Crippen molar-refractivity contribution in [2.24, 2.45) is 4.99 Å². The molecule has 27 heavy (non-hydrogen) atoms. The minimum absolute atomic E-state index is 0.864. The Bertz CT molecular complexity index is 994. The van der Waals surface area contributed by atoms with Gasteiger partial charge in [-0.1, -0.05) is 78.9 Å². The summed E-state index contributed by atoms with van der Waals surface area (Å²) in [4.78, 5) is 4.78. The molecule has 3 aromatic carbocycles. The van der Waals surface area contributed by atoms with Crippen LogP contribution >= 0.6 is 0 Å². The predicted octanol–water partition coefficient (Wildman–Crippen LogP) is 6.26. The first kappa shape index (κ1) is 17.0. The van der Waals surface area contributed by atoms with Crippen LogP contribution in [0.15, 0.2) is 96.0 Å². The predicted molar refractivity (Wildman–Crippen MR) is 114 cm³/mol. The van der Waals surface area contributed by atoms with Crippen LogP contribution < -0.4 is 4.74 Å². The number of methoxy groups -OCH3 is 1. The van der Waals surface area contributed by atoms with E-state index in [2.05, 4.69) is 66.8 Å². The van der Waals surface area contributed by atoms with Crippen LogP contribution in [-0.4, -0.2) is 12.8 Å². The molecule has 0 atom stereocenters. The molecule has 2 nitrogen and oxygen atoms in total. The fraction of sp³-hybridized carbons (Fsp3) is 0.0800. The number of ether oxygens (including phenoxy) is 1. The van der Waals surface area contributed by atoms with Crippen molar-refractivity contribution in [3.8, 4) is 16.9 Å². The minimum Gasteiger partial charge on any atom is -0.497 e. The van der Waals surface area contributed by atoms with Gasteiger partial charge in [-0.05, 0) is 40.5 Å². The number of allylic oxidation sites excluding steroid dienone is 2.